The van der Waals surface area contributed by atoms with Crippen molar-refractivity contribution in [1.82, 2.24) is 4.90 Å². The van der Waals surface area contributed by atoms with Crippen molar-refractivity contribution in [1.29, 1.82) is 0 Å². The highest BCUT2D eigenvalue weighted by atomic mass is 16.3. The van der Waals surface area contributed by atoms with Crippen molar-refractivity contribution in [2.75, 3.05) is 12.3 Å². The van der Waals surface area contributed by atoms with Gasteiger partial charge in [0, 0.05) is 24.3 Å². The van der Waals surface area contributed by atoms with Gasteiger partial charge in [-0.3, -0.25) is 4.79 Å². The summed E-state index contributed by atoms with van der Waals surface area (Å²) >= 11 is 0. The van der Waals surface area contributed by atoms with Crippen molar-refractivity contribution in [3.8, 4) is 11.5 Å². The Bertz CT molecular complexity index is 656. The van der Waals surface area contributed by atoms with E-state index < -0.39 is 0 Å². The average Bonchev–Trinajstić information content (AvgIpc) is 2.48. The van der Waals surface area contributed by atoms with Crippen LogP contribution in [0, 0.1) is 0 Å². The van der Waals surface area contributed by atoms with Gasteiger partial charge in [0.15, 0.2) is 11.5 Å². The molecule has 0 aliphatic carbocycles. The Morgan fingerprint density at radius 2 is 1.86 bits per heavy atom. The van der Waals surface area contributed by atoms with E-state index in [1.54, 1.807) is 11.0 Å². The third-order valence-electron chi connectivity index (χ3n) is 3.31. The lowest BCUT2D eigenvalue weighted by Gasteiger charge is -2.22. The second-order valence-corrected chi connectivity index (χ2v) is 4.72. The van der Waals surface area contributed by atoms with E-state index in [4.69, 9.17) is 5.73 Å². The average molecular weight is 286 g/mol. The number of carbonyl (C=O) groups excluding carboxylic acids is 1. The van der Waals surface area contributed by atoms with Gasteiger partial charge in [0.05, 0.1) is 0 Å². The highest BCUT2D eigenvalue weighted by molar-refractivity contribution is 5.94. The van der Waals surface area contributed by atoms with E-state index in [0.29, 0.717) is 24.3 Å². The lowest BCUT2D eigenvalue weighted by atomic mass is 10.1. The van der Waals surface area contributed by atoms with Crippen LogP contribution in [0.25, 0.3) is 0 Å². The fourth-order valence-electron chi connectivity index (χ4n) is 2.05. The highest BCUT2D eigenvalue weighted by Crippen LogP contribution is 2.26. The summed E-state index contributed by atoms with van der Waals surface area (Å²) < 4.78 is 0. The zero-order valence-electron chi connectivity index (χ0n) is 11.8. The molecule has 110 valence electrons. The number of phenolic OH excluding ortho intramolecular Hbond substituents is 2. The first-order valence-electron chi connectivity index (χ1n) is 6.67. The number of carbonyl (C=O) groups is 1. The maximum absolute atomic E-state index is 12.4. The quantitative estimate of drug-likeness (QED) is 0.594. The minimum absolute atomic E-state index is 0.226. The number of nitrogen functional groups attached to an aromatic ring is 1. The summed E-state index contributed by atoms with van der Waals surface area (Å²) in [4.78, 5) is 14.1. The van der Waals surface area contributed by atoms with Gasteiger partial charge in [0.25, 0.3) is 5.91 Å². The van der Waals surface area contributed by atoms with Crippen LogP contribution in [0.5, 0.6) is 11.5 Å². The third-order valence-corrected chi connectivity index (χ3v) is 3.31. The van der Waals surface area contributed by atoms with Crippen LogP contribution in [0.1, 0.15) is 22.8 Å². The first kappa shape index (κ1) is 14.7. The maximum Gasteiger partial charge on any atom is 0.254 e. The molecule has 0 saturated carbocycles. The van der Waals surface area contributed by atoms with E-state index in [2.05, 4.69) is 0 Å². The van der Waals surface area contributed by atoms with Gasteiger partial charge in [-0.15, -0.1) is 0 Å². The van der Waals surface area contributed by atoms with E-state index >= 15 is 0 Å². The van der Waals surface area contributed by atoms with Crippen molar-refractivity contribution in [2.45, 2.75) is 13.5 Å². The van der Waals surface area contributed by atoms with Gasteiger partial charge >= 0.3 is 0 Å². The molecule has 0 unspecified atom stereocenters. The molecule has 5 heteroatoms. The minimum atomic E-state index is -0.309. The second-order valence-electron chi connectivity index (χ2n) is 4.72. The normalized spacial score (nSPS) is 10.3. The van der Waals surface area contributed by atoms with Crippen molar-refractivity contribution in [3.05, 3.63) is 53.6 Å². The highest BCUT2D eigenvalue weighted by Gasteiger charge is 2.16. The zero-order chi connectivity index (χ0) is 15.4. The molecule has 2 aromatic rings. The third kappa shape index (κ3) is 3.25. The number of rotatable bonds is 4. The Kier molecular flexibility index (Phi) is 4.33. The number of para-hydroxylation sites is 1. The Morgan fingerprint density at radius 1 is 1.14 bits per heavy atom. The van der Waals surface area contributed by atoms with Gasteiger partial charge in [-0.05, 0) is 36.8 Å². The summed E-state index contributed by atoms with van der Waals surface area (Å²) in [6.45, 7) is 2.77. The SMILES string of the molecule is CCN(Cc1ccccc1N)C(=O)c1ccc(O)c(O)c1. The van der Waals surface area contributed by atoms with Gasteiger partial charge in [-0.1, -0.05) is 18.2 Å². The van der Waals surface area contributed by atoms with Crippen LogP contribution >= 0.6 is 0 Å². The summed E-state index contributed by atoms with van der Waals surface area (Å²) in [5.74, 6) is -0.783. The van der Waals surface area contributed by atoms with E-state index in [-0.39, 0.29) is 17.4 Å². The minimum Gasteiger partial charge on any atom is -0.504 e. The van der Waals surface area contributed by atoms with Crippen molar-refractivity contribution in [3.63, 3.8) is 0 Å². The molecular weight excluding hydrogens is 268 g/mol. The number of nitrogens with two attached hydrogens (primary N) is 1. The summed E-state index contributed by atoms with van der Waals surface area (Å²) in [6.07, 6.45) is 0. The molecule has 0 aliphatic heterocycles. The van der Waals surface area contributed by atoms with Crippen LogP contribution in [-0.2, 0) is 6.54 Å². The molecule has 0 bridgehead atoms. The Labute approximate surface area is 123 Å². The van der Waals surface area contributed by atoms with Gasteiger partial charge in [-0.25, -0.2) is 0 Å². The standard InChI is InChI=1S/C16H18N2O3/c1-2-18(10-12-5-3-4-6-13(12)17)16(21)11-7-8-14(19)15(20)9-11/h3-9,19-20H,2,10,17H2,1H3. The number of hydrogen-bond acceptors (Lipinski definition) is 4. The largest absolute Gasteiger partial charge is 0.504 e. The predicted octanol–water partition coefficient (Wildman–Crippen LogP) is 2.34. The smallest absolute Gasteiger partial charge is 0.254 e. The maximum atomic E-state index is 12.4. The van der Waals surface area contributed by atoms with Crippen LogP contribution in [0.15, 0.2) is 42.5 Å². The van der Waals surface area contributed by atoms with E-state index in [9.17, 15) is 15.0 Å². The van der Waals surface area contributed by atoms with Crippen LogP contribution < -0.4 is 5.73 Å². The molecule has 0 radical (unpaired) electrons. The van der Waals surface area contributed by atoms with Crippen LogP contribution in [0.3, 0.4) is 0 Å². The van der Waals surface area contributed by atoms with Gasteiger partial charge in [0.2, 0.25) is 0 Å². The number of hydrogen-bond donors (Lipinski definition) is 3. The number of benzene rings is 2. The summed E-state index contributed by atoms with van der Waals surface area (Å²) in [6, 6.07) is 11.4. The summed E-state index contributed by atoms with van der Waals surface area (Å²) in [5, 5.41) is 18.8. The predicted molar refractivity (Wildman–Crippen MR) is 81.0 cm³/mol. The molecule has 0 heterocycles. The van der Waals surface area contributed by atoms with E-state index in [1.165, 1.54) is 18.2 Å². The van der Waals surface area contributed by atoms with Crippen molar-refractivity contribution < 1.29 is 15.0 Å². The summed E-state index contributed by atoms with van der Waals surface area (Å²) in [7, 11) is 0. The van der Waals surface area contributed by atoms with Crippen LogP contribution in [0.4, 0.5) is 5.69 Å². The lowest BCUT2D eigenvalue weighted by Crippen LogP contribution is -2.30. The van der Waals surface area contributed by atoms with Gasteiger partial charge in [0.1, 0.15) is 0 Å². The molecule has 0 aromatic heterocycles. The topological polar surface area (TPSA) is 86.8 Å². The van der Waals surface area contributed by atoms with E-state index in [1.807, 2.05) is 25.1 Å². The molecule has 0 fully saturated rings. The second kappa shape index (κ2) is 6.17. The first-order chi connectivity index (χ1) is 10.0. The molecule has 2 aromatic carbocycles. The Balaban J connectivity index is 2.22. The van der Waals surface area contributed by atoms with Gasteiger partial charge < -0.3 is 20.8 Å². The lowest BCUT2D eigenvalue weighted by molar-refractivity contribution is 0.0752. The number of phenols is 2. The number of amides is 1. The number of anilines is 1. The zero-order valence-corrected chi connectivity index (χ0v) is 11.8. The molecule has 0 aliphatic rings. The molecule has 1 amide bonds. The molecule has 0 saturated heterocycles. The first-order valence-corrected chi connectivity index (χ1v) is 6.67. The molecule has 2 rings (SSSR count). The fourth-order valence-corrected chi connectivity index (χ4v) is 2.05. The van der Waals surface area contributed by atoms with E-state index in [0.717, 1.165) is 5.56 Å². The number of aromatic hydroxyl groups is 2. The van der Waals surface area contributed by atoms with Crippen molar-refractivity contribution >= 4 is 11.6 Å². The molecular formula is C16H18N2O3. The van der Waals surface area contributed by atoms with Gasteiger partial charge in [-0.2, -0.15) is 0 Å². The van der Waals surface area contributed by atoms with Crippen molar-refractivity contribution in [2.24, 2.45) is 0 Å². The van der Waals surface area contributed by atoms with Crippen LogP contribution in [0.2, 0.25) is 0 Å². The molecule has 5 nitrogen and oxygen atoms in total. The monoisotopic (exact) mass is 286 g/mol. The fraction of sp³-hybridized carbons (Fsp3) is 0.188. The Hall–Kier alpha value is -2.69. The molecule has 0 atom stereocenters. The van der Waals surface area contributed by atoms with Crippen LogP contribution in [-0.4, -0.2) is 27.6 Å². The molecule has 21 heavy (non-hydrogen) atoms. The summed E-state index contributed by atoms with van der Waals surface area (Å²) in [5.41, 5.74) is 7.72. The molecule has 4 N–H and O–H groups in total. The Morgan fingerprint density at radius 3 is 2.48 bits per heavy atom. The number of nitrogens with zero attached hydrogens (tertiary/aromatic N) is 1. The molecule has 0 spiro atoms.